The van der Waals surface area contributed by atoms with Crippen LogP contribution in [0.1, 0.15) is 30.9 Å². The highest BCUT2D eigenvalue weighted by Gasteiger charge is 2.24. The molecular formula is C20H24N2O4S. The lowest BCUT2D eigenvalue weighted by Crippen LogP contribution is -2.35. The van der Waals surface area contributed by atoms with E-state index in [0.717, 1.165) is 17.7 Å². The number of anilines is 2. The van der Waals surface area contributed by atoms with Crippen molar-refractivity contribution >= 4 is 27.3 Å². The number of carbonyl (C=O) groups excluding carboxylic acids is 1. The Morgan fingerprint density at radius 1 is 1.11 bits per heavy atom. The third-order valence-electron chi connectivity index (χ3n) is 4.52. The van der Waals surface area contributed by atoms with Gasteiger partial charge in [0.15, 0.2) is 0 Å². The highest BCUT2D eigenvalue weighted by Crippen LogP contribution is 2.31. The number of nitrogens with zero attached hydrogens (tertiary/aromatic N) is 1. The van der Waals surface area contributed by atoms with Gasteiger partial charge in [0.05, 0.1) is 12.9 Å². The van der Waals surface area contributed by atoms with E-state index in [4.69, 9.17) is 4.74 Å². The van der Waals surface area contributed by atoms with E-state index in [2.05, 4.69) is 4.72 Å². The first-order valence-corrected chi connectivity index (χ1v) is 10.6. The van der Waals surface area contributed by atoms with Crippen LogP contribution in [-0.2, 0) is 27.0 Å². The summed E-state index contributed by atoms with van der Waals surface area (Å²) in [4.78, 5) is 13.9. The summed E-state index contributed by atoms with van der Waals surface area (Å²) >= 11 is 0. The number of fused-ring (bicyclic) bond motifs is 1. The molecule has 1 aliphatic heterocycles. The van der Waals surface area contributed by atoms with Crippen LogP contribution < -0.4 is 14.4 Å². The van der Waals surface area contributed by atoms with Crippen LogP contribution in [0.25, 0.3) is 0 Å². The zero-order valence-corrected chi connectivity index (χ0v) is 16.4. The summed E-state index contributed by atoms with van der Waals surface area (Å²) in [5.74, 6) is 0.691. The summed E-state index contributed by atoms with van der Waals surface area (Å²) in [6, 6.07) is 12.3. The molecule has 1 N–H and O–H groups in total. The van der Waals surface area contributed by atoms with Crippen LogP contribution >= 0.6 is 0 Å². The fourth-order valence-electron chi connectivity index (χ4n) is 3.25. The van der Waals surface area contributed by atoms with Crippen molar-refractivity contribution < 1.29 is 17.9 Å². The molecule has 0 saturated carbocycles. The summed E-state index contributed by atoms with van der Waals surface area (Å²) in [7, 11) is -1.97. The summed E-state index contributed by atoms with van der Waals surface area (Å²) in [6.07, 6.45) is 1.96. The van der Waals surface area contributed by atoms with Gasteiger partial charge in [-0.3, -0.25) is 9.52 Å². The second-order valence-electron chi connectivity index (χ2n) is 6.60. The molecule has 2 aromatic rings. The molecule has 0 unspecified atom stereocenters. The Kier molecular flexibility index (Phi) is 5.70. The SMILES string of the molecule is CCCN1C(=O)CCc2cc(NS(=O)(=O)Cc3ccc(OC)cc3)ccc21. The van der Waals surface area contributed by atoms with Crippen LogP contribution in [0, 0.1) is 0 Å². The summed E-state index contributed by atoms with van der Waals surface area (Å²) in [5.41, 5.74) is 3.08. The van der Waals surface area contributed by atoms with E-state index in [1.54, 1.807) is 42.3 Å². The van der Waals surface area contributed by atoms with Crippen molar-refractivity contribution in [1.82, 2.24) is 0 Å². The Morgan fingerprint density at radius 2 is 1.85 bits per heavy atom. The molecule has 0 spiro atoms. The Labute approximate surface area is 160 Å². The number of ether oxygens (including phenoxy) is 1. The van der Waals surface area contributed by atoms with Crippen LogP contribution in [0.5, 0.6) is 5.75 Å². The molecular weight excluding hydrogens is 364 g/mol. The molecule has 1 amide bonds. The standard InChI is InChI=1S/C20H24N2O4S/c1-3-12-22-19-10-7-17(13-16(19)6-11-20(22)23)21-27(24,25)14-15-4-8-18(26-2)9-5-15/h4-5,7-10,13,21H,3,6,11-12,14H2,1-2H3. The van der Waals surface area contributed by atoms with Crippen LogP contribution in [0.4, 0.5) is 11.4 Å². The zero-order valence-electron chi connectivity index (χ0n) is 15.6. The van der Waals surface area contributed by atoms with Gasteiger partial charge in [0.2, 0.25) is 15.9 Å². The Morgan fingerprint density at radius 3 is 2.52 bits per heavy atom. The van der Waals surface area contributed by atoms with Gasteiger partial charge >= 0.3 is 0 Å². The number of sulfonamides is 1. The van der Waals surface area contributed by atoms with Gasteiger partial charge in [-0.15, -0.1) is 0 Å². The molecule has 0 saturated heterocycles. The third-order valence-corrected chi connectivity index (χ3v) is 5.78. The topological polar surface area (TPSA) is 75.7 Å². The average Bonchev–Trinajstić information content (AvgIpc) is 2.64. The van der Waals surface area contributed by atoms with Crippen LogP contribution in [0.2, 0.25) is 0 Å². The Bertz CT molecular complexity index is 923. The van der Waals surface area contributed by atoms with Crippen molar-refractivity contribution in [3.63, 3.8) is 0 Å². The fourth-order valence-corrected chi connectivity index (χ4v) is 4.44. The minimum atomic E-state index is -3.54. The van der Waals surface area contributed by atoms with Crippen molar-refractivity contribution in [3.8, 4) is 5.75 Å². The molecule has 2 aromatic carbocycles. The van der Waals surface area contributed by atoms with Gasteiger partial charge in [-0.2, -0.15) is 0 Å². The lowest BCUT2D eigenvalue weighted by molar-refractivity contribution is -0.118. The van der Waals surface area contributed by atoms with Crippen LogP contribution in [-0.4, -0.2) is 28.0 Å². The minimum Gasteiger partial charge on any atom is -0.497 e. The maximum atomic E-state index is 12.5. The molecule has 0 atom stereocenters. The molecule has 0 aromatic heterocycles. The second-order valence-corrected chi connectivity index (χ2v) is 8.32. The van der Waals surface area contributed by atoms with E-state index in [9.17, 15) is 13.2 Å². The van der Waals surface area contributed by atoms with E-state index < -0.39 is 10.0 Å². The maximum absolute atomic E-state index is 12.5. The minimum absolute atomic E-state index is 0.117. The van der Waals surface area contributed by atoms with Crippen molar-refractivity contribution in [2.24, 2.45) is 0 Å². The normalized spacial score (nSPS) is 14.0. The molecule has 0 radical (unpaired) electrons. The summed E-state index contributed by atoms with van der Waals surface area (Å²) in [5, 5.41) is 0. The number of hydrogen-bond acceptors (Lipinski definition) is 4. The van der Waals surface area contributed by atoms with Gasteiger partial charge in [-0.05, 0) is 54.3 Å². The summed E-state index contributed by atoms with van der Waals surface area (Å²) < 4.78 is 32.7. The molecule has 27 heavy (non-hydrogen) atoms. The smallest absolute Gasteiger partial charge is 0.236 e. The van der Waals surface area contributed by atoms with Gasteiger partial charge in [-0.1, -0.05) is 19.1 Å². The quantitative estimate of drug-likeness (QED) is 0.789. The van der Waals surface area contributed by atoms with E-state index >= 15 is 0 Å². The van der Waals surface area contributed by atoms with Crippen molar-refractivity contribution in [2.75, 3.05) is 23.3 Å². The van der Waals surface area contributed by atoms with Crippen molar-refractivity contribution in [2.45, 2.75) is 31.9 Å². The van der Waals surface area contributed by atoms with E-state index in [1.165, 1.54) is 0 Å². The molecule has 3 rings (SSSR count). The lowest BCUT2D eigenvalue weighted by atomic mass is 10.0. The number of carbonyl (C=O) groups is 1. The molecule has 144 valence electrons. The number of methoxy groups -OCH3 is 1. The zero-order chi connectivity index (χ0) is 19.4. The first kappa shape index (κ1) is 19.2. The third kappa shape index (κ3) is 4.60. The molecule has 0 bridgehead atoms. The molecule has 6 nitrogen and oxygen atoms in total. The maximum Gasteiger partial charge on any atom is 0.236 e. The predicted octanol–water partition coefficient (Wildman–Crippen LogP) is 3.33. The Balaban J connectivity index is 1.76. The van der Waals surface area contributed by atoms with Gasteiger partial charge in [0.1, 0.15) is 5.75 Å². The molecule has 0 aliphatic carbocycles. The first-order valence-electron chi connectivity index (χ1n) is 8.98. The van der Waals surface area contributed by atoms with E-state index in [0.29, 0.717) is 36.4 Å². The predicted molar refractivity (Wildman–Crippen MR) is 107 cm³/mol. The Hall–Kier alpha value is -2.54. The number of hydrogen-bond donors (Lipinski definition) is 1. The largest absolute Gasteiger partial charge is 0.497 e. The van der Waals surface area contributed by atoms with E-state index in [1.807, 2.05) is 19.1 Å². The van der Waals surface area contributed by atoms with E-state index in [-0.39, 0.29) is 11.7 Å². The van der Waals surface area contributed by atoms with Gasteiger partial charge in [0.25, 0.3) is 0 Å². The number of nitrogens with one attached hydrogen (secondary N) is 1. The molecule has 7 heteroatoms. The molecule has 1 heterocycles. The van der Waals surface area contributed by atoms with Crippen molar-refractivity contribution in [1.29, 1.82) is 0 Å². The molecule has 1 aliphatic rings. The number of aryl methyl sites for hydroxylation is 1. The van der Waals surface area contributed by atoms with Gasteiger partial charge in [-0.25, -0.2) is 8.42 Å². The van der Waals surface area contributed by atoms with Crippen LogP contribution in [0.3, 0.4) is 0 Å². The van der Waals surface area contributed by atoms with Gasteiger partial charge in [0, 0.05) is 24.3 Å². The van der Waals surface area contributed by atoms with Crippen molar-refractivity contribution in [3.05, 3.63) is 53.6 Å². The second kappa shape index (κ2) is 8.00. The molecule has 0 fully saturated rings. The monoisotopic (exact) mass is 388 g/mol. The highest BCUT2D eigenvalue weighted by molar-refractivity contribution is 7.91. The number of rotatable bonds is 7. The number of benzene rings is 2. The number of amides is 1. The summed E-state index contributed by atoms with van der Waals surface area (Å²) in [6.45, 7) is 2.71. The highest BCUT2D eigenvalue weighted by atomic mass is 32.2. The van der Waals surface area contributed by atoms with Crippen LogP contribution in [0.15, 0.2) is 42.5 Å². The average molecular weight is 388 g/mol. The lowest BCUT2D eigenvalue weighted by Gasteiger charge is -2.29. The first-order chi connectivity index (χ1) is 12.9. The fraction of sp³-hybridized carbons (Fsp3) is 0.350. The van der Waals surface area contributed by atoms with Gasteiger partial charge < -0.3 is 9.64 Å².